The van der Waals surface area contributed by atoms with Gasteiger partial charge in [-0.05, 0) is 19.1 Å². The van der Waals surface area contributed by atoms with Gasteiger partial charge >= 0.3 is 12.0 Å². The second-order valence-corrected chi connectivity index (χ2v) is 6.05. The van der Waals surface area contributed by atoms with Crippen molar-refractivity contribution in [1.29, 1.82) is 0 Å². The molecule has 1 heterocycles. The number of ether oxygens (including phenoxy) is 1. The summed E-state index contributed by atoms with van der Waals surface area (Å²) in [7, 11) is 1.38. The number of hydrogen-bond acceptors (Lipinski definition) is 5. The second-order valence-electron chi connectivity index (χ2n) is 6.05. The summed E-state index contributed by atoms with van der Waals surface area (Å²) in [4.78, 5) is 40.6. The van der Waals surface area contributed by atoms with E-state index in [9.17, 15) is 14.4 Å². The van der Waals surface area contributed by atoms with Gasteiger partial charge in [0.1, 0.15) is 0 Å². The summed E-state index contributed by atoms with van der Waals surface area (Å²) in [6, 6.07) is 17.6. The quantitative estimate of drug-likeness (QED) is 0.682. The van der Waals surface area contributed by atoms with Crippen molar-refractivity contribution in [3.8, 4) is 11.3 Å². The van der Waals surface area contributed by atoms with Gasteiger partial charge in [-0.3, -0.25) is 10.1 Å². The molecule has 3 amide bonds. The van der Waals surface area contributed by atoms with Crippen molar-refractivity contribution in [3.63, 3.8) is 0 Å². The first-order chi connectivity index (χ1) is 13.5. The predicted molar refractivity (Wildman–Crippen MR) is 105 cm³/mol. The topological polar surface area (TPSA) is 97.4 Å². The van der Waals surface area contributed by atoms with E-state index in [1.807, 2.05) is 36.4 Å². The number of rotatable bonds is 4. The third kappa shape index (κ3) is 4.15. The SMILES string of the molecule is CNC(=O)NC(=O)[C@@H](C)OC(=O)c1cc(-c2ccccc2)nc2ccccc12. The van der Waals surface area contributed by atoms with Crippen LogP contribution < -0.4 is 10.6 Å². The van der Waals surface area contributed by atoms with Crippen LogP contribution in [0.4, 0.5) is 4.79 Å². The van der Waals surface area contributed by atoms with E-state index in [4.69, 9.17) is 4.74 Å². The fraction of sp³-hybridized carbons (Fsp3) is 0.143. The van der Waals surface area contributed by atoms with Gasteiger partial charge in [0.25, 0.3) is 5.91 Å². The van der Waals surface area contributed by atoms with Crippen molar-refractivity contribution >= 4 is 28.8 Å². The number of fused-ring (bicyclic) bond motifs is 1. The first-order valence-electron chi connectivity index (χ1n) is 8.68. The molecule has 3 rings (SSSR count). The monoisotopic (exact) mass is 377 g/mol. The summed E-state index contributed by atoms with van der Waals surface area (Å²) in [5, 5.41) is 4.96. The number of carbonyl (C=O) groups is 3. The molecule has 0 fully saturated rings. The Bertz CT molecular complexity index is 1030. The number of para-hydroxylation sites is 1. The number of amides is 3. The van der Waals surface area contributed by atoms with Gasteiger partial charge in [-0.15, -0.1) is 0 Å². The molecular weight excluding hydrogens is 358 g/mol. The van der Waals surface area contributed by atoms with Crippen LogP contribution in [-0.4, -0.2) is 36.0 Å². The summed E-state index contributed by atoms with van der Waals surface area (Å²) in [5.74, 6) is -1.38. The molecule has 0 radical (unpaired) electrons. The molecule has 0 aliphatic heterocycles. The lowest BCUT2D eigenvalue weighted by molar-refractivity contribution is -0.127. The van der Waals surface area contributed by atoms with E-state index in [1.165, 1.54) is 14.0 Å². The number of nitrogens with one attached hydrogen (secondary N) is 2. The fourth-order valence-electron chi connectivity index (χ4n) is 2.65. The van der Waals surface area contributed by atoms with Gasteiger partial charge in [0, 0.05) is 18.0 Å². The molecule has 0 spiro atoms. The molecule has 0 saturated carbocycles. The Morgan fingerprint density at radius 1 is 1.00 bits per heavy atom. The average Bonchev–Trinajstić information content (AvgIpc) is 2.73. The molecular formula is C21H19N3O4. The van der Waals surface area contributed by atoms with Crippen molar-refractivity contribution in [2.75, 3.05) is 7.05 Å². The Kier molecular flexibility index (Phi) is 5.64. The van der Waals surface area contributed by atoms with Crippen LogP contribution in [-0.2, 0) is 9.53 Å². The largest absolute Gasteiger partial charge is 0.449 e. The Hall–Kier alpha value is -3.74. The maximum absolute atomic E-state index is 12.8. The van der Waals surface area contributed by atoms with Crippen molar-refractivity contribution in [1.82, 2.24) is 15.6 Å². The van der Waals surface area contributed by atoms with Crippen LogP contribution in [0.2, 0.25) is 0 Å². The molecule has 0 aliphatic carbocycles. The molecule has 28 heavy (non-hydrogen) atoms. The van der Waals surface area contributed by atoms with Gasteiger partial charge in [0.05, 0.1) is 16.8 Å². The van der Waals surface area contributed by atoms with Gasteiger partial charge < -0.3 is 10.1 Å². The van der Waals surface area contributed by atoms with Gasteiger partial charge in [-0.2, -0.15) is 0 Å². The molecule has 2 aromatic carbocycles. The summed E-state index contributed by atoms with van der Waals surface area (Å²) in [6.45, 7) is 1.40. The van der Waals surface area contributed by atoms with Crippen LogP contribution in [0.1, 0.15) is 17.3 Å². The summed E-state index contributed by atoms with van der Waals surface area (Å²) in [5.41, 5.74) is 2.41. The highest BCUT2D eigenvalue weighted by Crippen LogP contribution is 2.25. The summed E-state index contributed by atoms with van der Waals surface area (Å²) in [6.07, 6.45) is -1.14. The van der Waals surface area contributed by atoms with E-state index in [-0.39, 0.29) is 0 Å². The van der Waals surface area contributed by atoms with Crippen LogP contribution in [0.15, 0.2) is 60.7 Å². The number of carbonyl (C=O) groups excluding carboxylic acids is 3. The summed E-state index contributed by atoms with van der Waals surface area (Å²) < 4.78 is 5.28. The number of aromatic nitrogens is 1. The van der Waals surface area contributed by atoms with E-state index in [2.05, 4.69) is 15.6 Å². The van der Waals surface area contributed by atoms with E-state index in [0.29, 0.717) is 22.2 Å². The van der Waals surface area contributed by atoms with Gasteiger partial charge in [0.15, 0.2) is 6.10 Å². The smallest absolute Gasteiger partial charge is 0.339 e. The highest BCUT2D eigenvalue weighted by Gasteiger charge is 2.22. The highest BCUT2D eigenvalue weighted by atomic mass is 16.5. The fourth-order valence-corrected chi connectivity index (χ4v) is 2.65. The maximum Gasteiger partial charge on any atom is 0.339 e. The van der Waals surface area contributed by atoms with Gasteiger partial charge in [-0.25, -0.2) is 14.6 Å². The molecule has 0 unspecified atom stereocenters. The number of nitrogens with zero attached hydrogens (tertiary/aromatic N) is 1. The molecule has 142 valence electrons. The number of urea groups is 1. The number of hydrogen-bond donors (Lipinski definition) is 2. The molecule has 0 aliphatic rings. The van der Waals surface area contributed by atoms with Crippen molar-refractivity contribution in [3.05, 3.63) is 66.2 Å². The first-order valence-corrected chi connectivity index (χ1v) is 8.68. The standard InChI is InChI=1S/C21H19N3O4/c1-13(19(25)24-21(27)22-2)28-20(26)16-12-18(14-8-4-3-5-9-14)23-17-11-7-6-10-15(16)17/h3-13H,1-2H3,(H2,22,24,25,27)/t13-/m1/s1. The molecule has 7 heteroatoms. The lowest BCUT2D eigenvalue weighted by atomic mass is 10.0. The van der Waals surface area contributed by atoms with Crippen LogP contribution in [0.25, 0.3) is 22.2 Å². The molecule has 1 atom stereocenters. The van der Waals surface area contributed by atoms with Crippen molar-refractivity contribution < 1.29 is 19.1 Å². The van der Waals surface area contributed by atoms with Crippen LogP contribution in [0.5, 0.6) is 0 Å². The molecule has 0 saturated heterocycles. The molecule has 0 bridgehead atoms. The molecule has 3 aromatic rings. The van der Waals surface area contributed by atoms with Gasteiger partial charge in [-0.1, -0.05) is 48.5 Å². The Labute approximate surface area is 161 Å². The third-order valence-electron chi connectivity index (χ3n) is 4.12. The van der Waals surface area contributed by atoms with Crippen molar-refractivity contribution in [2.24, 2.45) is 0 Å². The maximum atomic E-state index is 12.8. The van der Waals surface area contributed by atoms with Crippen LogP contribution in [0.3, 0.4) is 0 Å². The van der Waals surface area contributed by atoms with Gasteiger partial charge in [0.2, 0.25) is 0 Å². The zero-order valence-electron chi connectivity index (χ0n) is 15.4. The number of esters is 1. The Balaban J connectivity index is 1.94. The number of imide groups is 1. The molecule has 2 N–H and O–H groups in total. The minimum atomic E-state index is -1.14. The summed E-state index contributed by atoms with van der Waals surface area (Å²) >= 11 is 0. The van der Waals surface area contributed by atoms with E-state index >= 15 is 0 Å². The first kappa shape index (κ1) is 19.0. The zero-order chi connectivity index (χ0) is 20.1. The van der Waals surface area contributed by atoms with Crippen molar-refractivity contribution in [2.45, 2.75) is 13.0 Å². The minimum Gasteiger partial charge on any atom is -0.449 e. The minimum absolute atomic E-state index is 0.295. The number of pyridine rings is 1. The Morgan fingerprint density at radius 2 is 1.68 bits per heavy atom. The van der Waals surface area contributed by atoms with Crippen LogP contribution >= 0.6 is 0 Å². The Morgan fingerprint density at radius 3 is 2.39 bits per heavy atom. The lowest BCUT2D eigenvalue weighted by Gasteiger charge is -2.14. The zero-order valence-corrected chi connectivity index (χ0v) is 15.4. The lowest BCUT2D eigenvalue weighted by Crippen LogP contribution is -2.43. The number of benzene rings is 2. The third-order valence-corrected chi connectivity index (χ3v) is 4.12. The second kappa shape index (κ2) is 8.30. The van der Waals surface area contributed by atoms with E-state index < -0.39 is 24.0 Å². The van der Waals surface area contributed by atoms with E-state index in [1.54, 1.807) is 24.3 Å². The van der Waals surface area contributed by atoms with Crippen LogP contribution in [0, 0.1) is 0 Å². The average molecular weight is 377 g/mol. The van der Waals surface area contributed by atoms with E-state index in [0.717, 1.165) is 5.56 Å². The molecule has 7 nitrogen and oxygen atoms in total. The highest BCUT2D eigenvalue weighted by molar-refractivity contribution is 6.06. The normalized spacial score (nSPS) is 11.5. The predicted octanol–water partition coefficient (Wildman–Crippen LogP) is 2.90. The molecule has 1 aromatic heterocycles.